The fourth-order valence-electron chi connectivity index (χ4n) is 6.43. The van der Waals surface area contributed by atoms with Gasteiger partial charge in [-0.2, -0.15) is 0 Å². The molecule has 0 amide bonds. The lowest BCUT2D eigenvalue weighted by molar-refractivity contribution is 0.0514. The summed E-state index contributed by atoms with van der Waals surface area (Å²) < 4.78 is 2.27. The number of benzene rings is 4. The third kappa shape index (κ3) is 3.78. The van der Waals surface area contributed by atoms with Gasteiger partial charge in [-0.15, -0.1) is 0 Å². The maximum absolute atomic E-state index is 13.2. The van der Waals surface area contributed by atoms with Crippen LogP contribution in [0, 0.1) is 6.92 Å². The second-order valence-electron chi connectivity index (χ2n) is 10.5. The van der Waals surface area contributed by atoms with E-state index in [1.165, 1.54) is 0 Å². The molecule has 0 aliphatic carbocycles. The second-order valence-corrected chi connectivity index (χ2v) is 10.5. The molecule has 4 aromatic carbocycles. The summed E-state index contributed by atoms with van der Waals surface area (Å²) in [4.78, 5) is 21.3. The number of rotatable bonds is 5. The number of carbonyl (C=O) groups excluding carboxylic acids is 1. The summed E-state index contributed by atoms with van der Waals surface area (Å²) in [6.07, 6.45) is 2.11. The third-order valence-corrected chi connectivity index (χ3v) is 8.29. The SMILES string of the molecule is Cc1c(-c2ccccc2)c(C2(c3ccccc3)/C(=N/OC(=O)c3ccccc3)c3ccccc3N2C)n2ccccc12. The predicted molar refractivity (Wildman–Crippen MR) is 168 cm³/mol. The molecule has 1 aliphatic rings. The molecule has 1 atom stereocenters. The number of hydrogen-bond donors (Lipinski definition) is 0. The molecular formula is C37H29N3O2. The Morgan fingerprint density at radius 3 is 2.10 bits per heavy atom. The molecule has 1 aliphatic heterocycles. The zero-order chi connectivity index (χ0) is 28.7. The van der Waals surface area contributed by atoms with E-state index in [9.17, 15) is 4.79 Å². The zero-order valence-corrected chi connectivity index (χ0v) is 23.4. The van der Waals surface area contributed by atoms with Crippen molar-refractivity contribution in [1.29, 1.82) is 0 Å². The number of oxime groups is 1. The predicted octanol–water partition coefficient (Wildman–Crippen LogP) is 7.87. The molecule has 2 aromatic heterocycles. The van der Waals surface area contributed by atoms with Crippen molar-refractivity contribution in [2.24, 2.45) is 5.16 Å². The second kappa shape index (κ2) is 10.2. The highest BCUT2D eigenvalue weighted by Gasteiger charge is 2.54. The van der Waals surface area contributed by atoms with Gasteiger partial charge in [-0.1, -0.05) is 108 Å². The number of carbonyl (C=O) groups is 1. The fraction of sp³-hybridized carbons (Fsp3) is 0.0811. The van der Waals surface area contributed by atoms with Crippen LogP contribution in [-0.4, -0.2) is 23.1 Å². The maximum atomic E-state index is 13.2. The van der Waals surface area contributed by atoms with E-state index in [4.69, 9.17) is 9.99 Å². The van der Waals surface area contributed by atoms with E-state index in [2.05, 4.69) is 96.2 Å². The topological polar surface area (TPSA) is 46.3 Å². The Kier molecular flexibility index (Phi) is 6.20. The number of hydrogen-bond acceptors (Lipinski definition) is 4. The van der Waals surface area contributed by atoms with Crippen LogP contribution in [0.25, 0.3) is 16.6 Å². The molecule has 0 saturated heterocycles. The van der Waals surface area contributed by atoms with Gasteiger partial charge >= 0.3 is 5.97 Å². The van der Waals surface area contributed by atoms with Crippen LogP contribution in [-0.2, 0) is 10.4 Å². The van der Waals surface area contributed by atoms with Crippen LogP contribution >= 0.6 is 0 Å². The Morgan fingerprint density at radius 1 is 0.738 bits per heavy atom. The van der Waals surface area contributed by atoms with Crippen molar-refractivity contribution in [3.8, 4) is 11.1 Å². The Labute approximate surface area is 244 Å². The summed E-state index contributed by atoms with van der Waals surface area (Å²) in [5, 5.41) is 4.76. The van der Waals surface area contributed by atoms with Crippen molar-refractivity contribution in [1.82, 2.24) is 4.40 Å². The van der Waals surface area contributed by atoms with Crippen molar-refractivity contribution in [3.63, 3.8) is 0 Å². The number of pyridine rings is 1. The molecule has 5 heteroatoms. The van der Waals surface area contributed by atoms with E-state index in [-0.39, 0.29) is 0 Å². The Hall–Kier alpha value is -5.42. The van der Waals surface area contributed by atoms with Crippen LogP contribution in [0.15, 0.2) is 145 Å². The highest BCUT2D eigenvalue weighted by atomic mass is 16.7. The van der Waals surface area contributed by atoms with Crippen LogP contribution in [0.2, 0.25) is 0 Å². The lowest BCUT2D eigenvalue weighted by atomic mass is 9.78. The van der Waals surface area contributed by atoms with Crippen molar-refractivity contribution < 1.29 is 9.63 Å². The van der Waals surface area contributed by atoms with Crippen molar-refractivity contribution >= 4 is 22.9 Å². The van der Waals surface area contributed by atoms with E-state index >= 15 is 0 Å². The summed E-state index contributed by atoms with van der Waals surface area (Å²) in [5.41, 5.74) is 8.60. The lowest BCUT2D eigenvalue weighted by Crippen LogP contribution is -2.48. The van der Waals surface area contributed by atoms with Gasteiger partial charge in [0.25, 0.3) is 0 Å². The molecule has 0 radical (unpaired) electrons. The zero-order valence-electron chi connectivity index (χ0n) is 23.4. The number of fused-ring (bicyclic) bond motifs is 2. The number of para-hydroxylation sites is 1. The molecule has 204 valence electrons. The molecule has 0 fully saturated rings. The van der Waals surface area contributed by atoms with Gasteiger partial charge in [0.15, 0.2) is 5.54 Å². The molecule has 5 nitrogen and oxygen atoms in total. The van der Waals surface area contributed by atoms with Crippen LogP contribution in [0.1, 0.15) is 32.7 Å². The third-order valence-electron chi connectivity index (χ3n) is 8.29. The minimum atomic E-state index is -0.939. The Morgan fingerprint density at radius 2 is 1.36 bits per heavy atom. The van der Waals surface area contributed by atoms with Gasteiger partial charge in [-0.25, -0.2) is 4.79 Å². The number of anilines is 1. The summed E-state index contributed by atoms with van der Waals surface area (Å²) in [7, 11) is 2.10. The molecule has 1 unspecified atom stereocenters. The molecule has 0 bridgehead atoms. The van der Waals surface area contributed by atoms with Crippen LogP contribution in [0.5, 0.6) is 0 Å². The van der Waals surface area contributed by atoms with E-state index in [0.717, 1.165) is 44.7 Å². The minimum Gasteiger partial charge on any atom is -0.354 e. The quantitative estimate of drug-likeness (QED) is 0.163. The standard InChI is InChI=1S/C37H29N3O2/c1-26-31-23-14-15-25-40(31)35(33(26)27-16-6-3-7-17-27)37(29-20-10-5-11-21-29)34(30-22-12-13-24-32(30)39(37)2)38-42-36(41)28-18-8-4-9-19-28/h3-25H,1-2H3/b38-34+. The van der Waals surface area contributed by atoms with Gasteiger partial charge in [0.2, 0.25) is 0 Å². The fourth-order valence-corrected chi connectivity index (χ4v) is 6.43. The van der Waals surface area contributed by atoms with Gasteiger partial charge in [-0.3, -0.25) is 0 Å². The molecule has 0 N–H and O–H groups in total. The van der Waals surface area contributed by atoms with Gasteiger partial charge in [0.1, 0.15) is 5.71 Å². The van der Waals surface area contributed by atoms with Gasteiger partial charge in [0.05, 0.1) is 11.3 Å². The summed E-state index contributed by atoms with van der Waals surface area (Å²) in [5.74, 6) is -0.503. The summed E-state index contributed by atoms with van der Waals surface area (Å²) in [6.45, 7) is 2.17. The van der Waals surface area contributed by atoms with E-state index < -0.39 is 11.5 Å². The first-order chi connectivity index (χ1) is 20.6. The van der Waals surface area contributed by atoms with Crippen molar-refractivity contribution in [2.75, 3.05) is 11.9 Å². The van der Waals surface area contributed by atoms with E-state index in [1.54, 1.807) is 12.1 Å². The van der Waals surface area contributed by atoms with Crippen LogP contribution < -0.4 is 4.90 Å². The lowest BCUT2D eigenvalue weighted by Gasteiger charge is -2.39. The van der Waals surface area contributed by atoms with Crippen LogP contribution in [0.4, 0.5) is 5.69 Å². The van der Waals surface area contributed by atoms with E-state index in [1.807, 2.05) is 54.6 Å². The van der Waals surface area contributed by atoms with Gasteiger partial charge in [-0.05, 0) is 53.9 Å². The van der Waals surface area contributed by atoms with Crippen LogP contribution in [0.3, 0.4) is 0 Å². The molecule has 3 heterocycles. The largest absolute Gasteiger partial charge is 0.365 e. The molecule has 6 aromatic rings. The number of aromatic nitrogens is 1. The summed E-state index contributed by atoms with van der Waals surface area (Å²) in [6, 6.07) is 44.3. The molecule has 0 saturated carbocycles. The average molecular weight is 548 g/mol. The minimum absolute atomic E-state index is 0.445. The van der Waals surface area contributed by atoms with E-state index in [0.29, 0.717) is 11.3 Å². The van der Waals surface area contributed by atoms with Crippen molar-refractivity contribution in [3.05, 3.63) is 168 Å². The number of likely N-dealkylation sites (N-methyl/N-ethyl adjacent to an activating group) is 1. The highest BCUT2D eigenvalue weighted by Crippen LogP contribution is 2.52. The molecule has 7 rings (SSSR count). The molecular weight excluding hydrogens is 518 g/mol. The average Bonchev–Trinajstić information content (AvgIpc) is 3.49. The number of aryl methyl sites for hydroxylation is 1. The first-order valence-corrected chi connectivity index (χ1v) is 14.0. The number of nitrogens with zero attached hydrogens (tertiary/aromatic N) is 3. The van der Waals surface area contributed by atoms with Gasteiger partial charge < -0.3 is 14.1 Å². The monoisotopic (exact) mass is 547 g/mol. The van der Waals surface area contributed by atoms with Crippen molar-refractivity contribution in [2.45, 2.75) is 12.5 Å². The highest BCUT2D eigenvalue weighted by molar-refractivity contribution is 6.20. The Balaban J connectivity index is 1.59. The first kappa shape index (κ1) is 25.5. The Bertz CT molecular complexity index is 1950. The normalized spacial score (nSPS) is 17.0. The van der Waals surface area contributed by atoms with Gasteiger partial charge in [0, 0.05) is 35.6 Å². The first-order valence-electron chi connectivity index (χ1n) is 14.0. The smallest absolute Gasteiger partial charge is 0.354 e. The molecule has 42 heavy (non-hydrogen) atoms. The molecule has 0 spiro atoms. The summed E-state index contributed by atoms with van der Waals surface area (Å²) >= 11 is 0. The maximum Gasteiger partial charge on any atom is 0.365 e.